The number of hydrogen-bond acceptors (Lipinski definition) is 3. The van der Waals surface area contributed by atoms with E-state index in [0.29, 0.717) is 35.9 Å². The molecule has 0 saturated carbocycles. The highest BCUT2D eigenvalue weighted by molar-refractivity contribution is 5.87. The molecule has 0 spiro atoms. The number of carboxylic acids is 1. The lowest BCUT2D eigenvalue weighted by molar-refractivity contribution is -0.137. The number of carbonyl (C=O) groups is 2. The molecule has 30 heavy (non-hydrogen) atoms. The Hall–Kier alpha value is -3.35. The first kappa shape index (κ1) is 19.9. The fraction of sp³-hybridized carbons (Fsp3) is 0.304. The summed E-state index contributed by atoms with van der Waals surface area (Å²) in [6.45, 7) is 1.67. The third-order valence-electron chi connectivity index (χ3n) is 5.54. The summed E-state index contributed by atoms with van der Waals surface area (Å²) in [6.07, 6.45) is 1.82. The molecule has 2 aromatic carbocycles. The number of halogens is 1. The van der Waals surface area contributed by atoms with Gasteiger partial charge in [0.1, 0.15) is 18.1 Å². The molecule has 7 heteroatoms. The van der Waals surface area contributed by atoms with Crippen molar-refractivity contribution in [1.29, 1.82) is 0 Å². The Bertz CT molecular complexity index is 1120. The average molecular weight is 410 g/mol. The van der Waals surface area contributed by atoms with Crippen molar-refractivity contribution < 1.29 is 23.8 Å². The fourth-order valence-corrected chi connectivity index (χ4v) is 4.19. The summed E-state index contributed by atoms with van der Waals surface area (Å²) in [4.78, 5) is 23.7. The van der Waals surface area contributed by atoms with Gasteiger partial charge in [-0.2, -0.15) is 0 Å². The third kappa shape index (κ3) is 4.01. The summed E-state index contributed by atoms with van der Waals surface area (Å²) in [6, 6.07) is 11.8. The minimum Gasteiger partial charge on any atom is -0.484 e. The largest absolute Gasteiger partial charge is 0.484 e. The molecule has 0 radical (unpaired) electrons. The molecule has 1 aliphatic rings. The highest BCUT2D eigenvalue weighted by Gasteiger charge is 2.27. The second kappa shape index (κ2) is 8.18. The topological polar surface area (TPSA) is 80.6 Å². The van der Waals surface area contributed by atoms with Gasteiger partial charge in [-0.3, -0.25) is 9.59 Å². The first-order valence-electron chi connectivity index (χ1n) is 9.91. The number of aliphatic carboxylic acids is 1. The Morgan fingerprint density at radius 3 is 2.83 bits per heavy atom. The number of para-hydroxylation sites is 1. The highest BCUT2D eigenvalue weighted by atomic mass is 19.1. The van der Waals surface area contributed by atoms with Crippen LogP contribution < -0.4 is 10.1 Å². The maximum Gasteiger partial charge on any atom is 0.323 e. The van der Waals surface area contributed by atoms with Crippen LogP contribution in [0.25, 0.3) is 10.9 Å². The van der Waals surface area contributed by atoms with Crippen molar-refractivity contribution in [2.24, 2.45) is 0 Å². The molecule has 1 unspecified atom stereocenters. The van der Waals surface area contributed by atoms with Crippen LogP contribution in [0.2, 0.25) is 0 Å². The SMILES string of the molecule is Cc1ccccc1OCC(=O)NC1CCc2c(c3cc(F)ccc3n2CC(=O)O)C1. The number of nitrogens with one attached hydrogen (secondary N) is 1. The first-order valence-corrected chi connectivity index (χ1v) is 9.91. The lowest BCUT2D eigenvalue weighted by Crippen LogP contribution is -2.41. The van der Waals surface area contributed by atoms with Crippen molar-refractivity contribution in [3.63, 3.8) is 0 Å². The molecule has 1 aliphatic carbocycles. The molecule has 0 aliphatic heterocycles. The number of carbonyl (C=O) groups excluding carboxylic acids is 1. The van der Waals surface area contributed by atoms with Crippen molar-refractivity contribution in [2.45, 2.75) is 38.8 Å². The molecular weight excluding hydrogens is 387 g/mol. The Labute approximate surface area is 173 Å². The molecule has 6 nitrogen and oxygen atoms in total. The van der Waals surface area contributed by atoms with Crippen LogP contribution in [0.4, 0.5) is 4.39 Å². The van der Waals surface area contributed by atoms with Crippen LogP contribution in [0.15, 0.2) is 42.5 Å². The number of rotatable bonds is 6. The van der Waals surface area contributed by atoms with E-state index in [0.717, 1.165) is 16.8 Å². The van der Waals surface area contributed by atoms with Gasteiger partial charge in [0, 0.05) is 22.6 Å². The molecule has 4 rings (SSSR count). The fourth-order valence-electron chi connectivity index (χ4n) is 4.19. The van der Waals surface area contributed by atoms with Gasteiger partial charge < -0.3 is 19.7 Å². The van der Waals surface area contributed by atoms with Gasteiger partial charge >= 0.3 is 5.97 Å². The van der Waals surface area contributed by atoms with Crippen molar-refractivity contribution in [1.82, 2.24) is 9.88 Å². The van der Waals surface area contributed by atoms with E-state index in [2.05, 4.69) is 5.32 Å². The van der Waals surface area contributed by atoms with E-state index in [-0.39, 0.29) is 30.9 Å². The summed E-state index contributed by atoms with van der Waals surface area (Å²) in [5, 5.41) is 13.0. The number of fused-ring (bicyclic) bond motifs is 3. The standard InChI is InChI=1S/C23H23FN2O4/c1-14-4-2-3-5-21(14)30-13-22(27)25-16-7-9-20-18(11-16)17-10-15(24)6-8-19(17)26(20)12-23(28)29/h2-6,8,10,16H,7,9,11-13H2,1H3,(H,25,27)(H,28,29). The number of aromatic nitrogens is 1. The minimum absolute atomic E-state index is 0.0797. The first-order chi connectivity index (χ1) is 14.4. The molecule has 0 saturated heterocycles. The van der Waals surface area contributed by atoms with Gasteiger partial charge in [-0.15, -0.1) is 0 Å². The number of hydrogen-bond donors (Lipinski definition) is 2. The molecule has 0 bridgehead atoms. The predicted octanol–water partition coefficient (Wildman–Crippen LogP) is 3.23. The van der Waals surface area contributed by atoms with Crippen molar-refractivity contribution in [2.75, 3.05) is 6.61 Å². The third-order valence-corrected chi connectivity index (χ3v) is 5.54. The number of benzene rings is 2. The Balaban J connectivity index is 1.50. The zero-order valence-corrected chi connectivity index (χ0v) is 16.7. The molecule has 1 heterocycles. The molecule has 156 valence electrons. The lowest BCUT2D eigenvalue weighted by atomic mass is 9.91. The molecule has 1 aromatic heterocycles. The van der Waals surface area contributed by atoms with Crippen LogP contribution >= 0.6 is 0 Å². The molecule has 0 fully saturated rings. The molecule has 3 aromatic rings. The van der Waals surface area contributed by atoms with Gasteiger partial charge in [-0.1, -0.05) is 18.2 Å². The number of nitrogens with zero attached hydrogens (tertiary/aromatic N) is 1. The van der Waals surface area contributed by atoms with Crippen LogP contribution in [-0.4, -0.2) is 34.2 Å². The zero-order valence-electron chi connectivity index (χ0n) is 16.7. The maximum atomic E-state index is 13.9. The van der Waals surface area contributed by atoms with Gasteiger partial charge in [0.15, 0.2) is 6.61 Å². The molecule has 1 amide bonds. The van der Waals surface area contributed by atoms with Crippen LogP contribution in [0.3, 0.4) is 0 Å². The Kier molecular flexibility index (Phi) is 5.44. The summed E-state index contributed by atoms with van der Waals surface area (Å²) < 4.78 is 21.2. The second-order valence-electron chi connectivity index (χ2n) is 7.63. The van der Waals surface area contributed by atoms with Gasteiger partial charge in [0.25, 0.3) is 5.91 Å². The Morgan fingerprint density at radius 2 is 2.07 bits per heavy atom. The van der Waals surface area contributed by atoms with Crippen molar-refractivity contribution in [3.8, 4) is 5.75 Å². The quantitative estimate of drug-likeness (QED) is 0.654. The van der Waals surface area contributed by atoms with Crippen LogP contribution in [0.1, 0.15) is 23.2 Å². The van der Waals surface area contributed by atoms with E-state index >= 15 is 0 Å². The second-order valence-corrected chi connectivity index (χ2v) is 7.63. The van der Waals surface area contributed by atoms with Crippen LogP contribution in [-0.2, 0) is 29.0 Å². The summed E-state index contributed by atoms with van der Waals surface area (Å²) >= 11 is 0. The molecule has 1 atom stereocenters. The van der Waals surface area contributed by atoms with Crippen LogP contribution in [0.5, 0.6) is 5.75 Å². The average Bonchev–Trinajstić information content (AvgIpc) is 2.99. The molecular formula is C23H23FN2O4. The van der Waals surface area contributed by atoms with E-state index in [4.69, 9.17) is 4.74 Å². The summed E-state index contributed by atoms with van der Waals surface area (Å²) in [7, 11) is 0. The lowest BCUT2D eigenvalue weighted by Gasteiger charge is -2.25. The van der Waals surface area contributed by atoms with E-state index in [9.17, 15) is 19.1 Å². The van der Waals surface area contributed by atoms with Gasteiger partial charge in [0.05, 0.1) is 0 Å². The summed E-state index contributed by atoms with van der Waals surface area (Å²) in [5.74, 6) is -0.851. The highest BCUT2D eigenvalue weighted by Crippen LogP contribution is 2.33. The predicted molar refractivity (Wildman–Crippen MR) is 110 cm³/mol. The van der Waals surface area contributed by atoms with Crippen molar-refractivity contribution in [3.05, 3.63) is 65.1 Å². The monoisotopic (exact) mass is 410 g/mol. The minimum atomic E-state index is -0.942. The number of carboxylic acid groups (broad SMARTS) is 1. The summed E-state index contributed by atoms with van der Waals surface area (Å²) in [5.41, 5.74) is 3.47. The van der Waals surface area contributed by atoms with Gasteiger partial charge in [0.2, 0.25) is 0 Å². The molecule has 2 N–H and O–H groups in total. The van der Waals surface area contributed by atoms with E-state index in [1.54, 1.807) is 10.6 Å². The smallest absolute Gasteiger partial charge is 0.323 e. The number of aryl methyl sites for hydroxylation is 1. The van der Waals surface area contributed by atoms with Gasteiger partial charge in [-0.25, -0.2) is 4.39 Å². The van der Waals surface area contributed by atoms with Crippen LogP contribution in [0, 0.1) is 12.7 Å². The Morgan fingerprint density at radius 1 is 1.27 bits per heavy atom. The van der Waals surface area contributed by atoms with Crippen molar-refractivity contribution >= 4 is 22.8 Å². The number of ether oxygens (including phenoxy) is 1. The van der Waals surface area contributed by atoms with Gasteiger partial charge in [-0.05, 0) is 61.6 Å². The number of amides is 1. The van der Waals surface area contributed by atoms with E-state index < -0.39 is 5.97 Å². The maximum absolute atomic E-state index is 13.9. The normalized spacial score (nSPS) is 15.6. The van der Waals surface area contributed by atoms with E-state index in [1.807, 2.05) is 31.2 Å². The zero-order chi connectivity index (χ0) is 21.3. The van der Waals surface area contributed by atoms with E-state index in [1.165, 1.54) is 12.1 Å².